The lowest BCUT2D eigenvalue weighted by atomic mass is 10.1. The van der Waals surface area contributed by atoms with Gasteiger partial charge in [0, 0.05) is 19.5 Å². The number of hydrogen-bond acceptors (Lipinski definition) is 4. The molecular weight excluding hydrogens is 246 g/mol. The second-order valence-corrected chi connectivity index (χ2v) is 4.28. The van der Waals surface area contributed by atoms with Gasteiger partial charge in [0.25, 0.3) is 0 Å². The molecule has 5 nitrogen and oxygen atoms in total. The van der Waals surface area contributed by atoms with Crippen LogP contribution in [0.15, 0.2) is 30.3 Å². The molecule has 1 heterocycles. The third-order valence-electron chi connectivity index (χ3n) is 2.91. The highest BCUT2D eigenvalue weighted by Crippen LogP contribution is 2.07. The van der Waals surface area contributed by atoms with E-state index in [1.807, 2.05) is 30.3 Å². The molecule has 0 N–H and O–H groups in total. The Balaban J connectivity index is 1.88. The fraction of sp³-hybridized carbons (Fsp3) is 0.429. The minimum absolute atomic E-state index is 0.348. The van der Waals surface area contributed by atoms with E-state index in [2.05, 4.69) is 0 Å². The Morgan fingerprint density at radius 1 is 1.32 bits per heavy atom. The quantitative estimate of drug-likeness (QED) is 0.817. The summed E-state index contributed by atoms with van der Waals surface area (Å²) in [6.45, 7) is 2.00. The van der Waals surface area contributed by atoms with Crippen LogP contribution in [0.1, 0.15) is 5.56 Å². The maximum absolute atomic E-state index is 11.8. The van der Waals surface area contributed by atoms with Gasteiger partial charge in [-0.3, -0.25) is 4.79 Å². The van der Waals surface area contributed by atoms with E-state index in [0.717, 1.165) is 5.56 Å². The van der Waals surface area contributed by atoms with E-state index in [4.69, 9.17) is 9.47 Å². The van der Waals surface area contributed by atoms with Crippen LogP contribution in [0.5, 0.6) is 0 Å². The highest BCUT2D eigenvalue weighted by Gasteiger charge is 2.22. The predicted molar refractivity (Wildman–Crippen MR) is 68.5 cm³/mol. The van der Waals surface area contributed by atoms with Gasteiger partial charge >= 0.3 is 6.09 Å². The number of amides is 1. The Morgan fingerprint density at radius 2 is 2.00 bits per heavy atom. The highest BCUT2D eigenvalue weighted by molar-refractivity contribution is 5.71. The molecule has 0 saturated carbocycles. The van der Waals surface area contributed by atoms with Crippen molar-refractivity contribution in [2.24, 2.45) is 0 Å². The van der Waals surface area contributed by atoms with Crippen LogP contribution in [0.3, 0.4) is 0 Å². The van der Waals surface area contributed by atoms with Gasteiger partial charge in [0.2, 0.25) is 6.29 Å². The third-order valence-corrected chi connectivity index (χ3v) is 2.91. The molecule has 0 bridgehead atoms. The minimum atomic E-state index is -0.863. The number of ether oxygens (including phenoxy) is 2. The van der Waals surface area contributed by atoms with Crippen molar-refractivity contribution < 1.29 is 19.1 Å². The van der Waals surface area contributed by atoms with Crippen LogP contribution in [0.4, 0.5) is 4.79 Å². The lowest BCUT2D eigenvalue weighted by Gasteiger charge is -2.27. The lowest BCUT2D eigenvalue weighted by Crippen LogP contribution is -2.42. The van der Waals surface area contributed by atoms with Gasteiger partial charge in [-0.1, -0.05) is 30.3 Å². The summed E-state index contributed by atoms with van der Waals surface area (Å²) in [4.78, 5) is 24.2. The molecule has 0 spiro atoms. The molecule has 1 aromatic rings. The molecule has 0 unspecified atom stereocenters. The first kappa shape index (κ1) is 13.5. The zero-order valence-corrected chi connectivity index (χ0v) is 10.6. The van der Waals surface area contributed by atoms with Crippen molar-refractivity contribution in [2.45, 2.75) is 12.5 Å². The molecule has 1 amide bonds. The largest absolute Gasteiger partial charge is 0.437 e. The summed E-state index contributed by atoms with van der Waals surface area (Å²) in [5.41, 5.74) is 0.936. The van der Waals surface area contributed by atoms with E-state index < -0.39 is 12.2 Å². The molecule has 0 aliphatic carbocycles. The van der Waals surface area contributed by atoms with E-state index in [9.17, 15) is 9.59 Å². The van der Waals surface area contributed by atoms with Crippen LogP contribution in [0.2, 0.25) is 0 Å². The fourth-order valence-electron chi connectivity index (χ4n) is 1.88. The SMILES string of the molecule is O=[C][C@H](Cc1ccccc1)OC(=O)N1CCOCC1. The predicted octanol–water partition coefficient (Wildman–Crippen LogP) is 1.18. The zero-order chi connectivity index (χ0) is 13.5. The van der Waals surface area contributed by atoms with Crippen LogP contribution in [0.25, 0.3) is 0 Å². The first-order valence-electron chi connectivity index (χ1n) is 6.24. The number of benzene rings is 1. The monoisotopic (exact) mass is 262 g/mol. The molecule has 101 valence electrons. The normalized spacial score (nSPS) is 16.7. The second kappa shape index (κ2) is 6.89. The lowest BCUT2D eigenvalue weighted by molar-refractivity contribution is 0.0215. The number of nitrogens with zero attached hydrogens (tertiary/aromatic N) is 1. The van der Waals surface area contributed by atoms with Crippen molar-refractivity contribution in [1.82, 2.24) is 4.90 Å². The van der Waals surface area contributed by atoms with Gasteiger partial charge in [0.1, 0.15) is 0 Å². The molecule has 1 saturated heterocycles. The number of morpholine rings is 1. The van der Waals surface area contributed by atoms with Crippen LogP contribution in [-0.2, 0) is 20.7 Å². The van der Waals surface area contributed by atoms with Crippen molar-refractivity contribution >= 4 is 12.4 Å². The van der Waals surface area contributed by atoms with Crippen molar-refractivity contribution in [3.8, 4) is 0 Å². The summed E-state index contributed by atoms with van der Waals surface area (Å²) in [6, 6.07) is 9.41. The first-order chi connectivity index (χ1) is 9.29. The Morgan fingerprint density at radius 3 is 2.63 bits per heavy atom. The van der Waals surface area contributed by atoms with Gasteiger partial charge < -0.3 is 14.4 Å². The average molecular weight is 262 g/mol. The van der Waals surface area contributed by atoms with E-state index in [1.165, 1.54) is 0 Å². The number of hydrogen-bond donors (Lipinski definition) is 0. The number of carbonyl (C=O) groups is 1. The van der Waals surface area contributed by atoms with Crippen molar-refractivity contribution in [2.75, 3.05) is 26.3 Å². The van der Waals surface area contributed by atoms with Crippen LogP contribution in [-0.4, -0.2) is 49.7 Å². The molecule has 1 fully saturated rings. The summed E-state index contributed by atoms with van der Waals surface area (Å²) < 4.78 is 10.3. The maximum atomic E-state index is 11.8. The van der Waals surface area contributed by atoms with Crippen LogP contribution in [0, 0.1) is 0 Å². The van der Waals surface area contributed by atoms with E-state index in [-0.39, 0.29) is 0 Å². The summed E-state index contributed by atoms with van der Waals surface area (Å²) >= 11 is 0. The first-order valence-corrected chi connectivity index (χ1v) is 6.24. The molecule has 5 heteroatoms. The van der Waals surface area contributed by atoms with Gasteiger partial charge in [-0.2, -0.15) is 0 Å². The Labute approximate surface area is 112 Å². The molecule has 1 radical (unpaired) electrons. The Hall–Kier alpha value is -1.88. The highest BCUT2D eigenvalue weighted by atomic mass is 16.6. The molecule has 1 atom stereocenters. The standard InChI is InChI=1S/C14H16NO4/c16-11-13(10-12-4-2-1-3-5-12)19-14(17)15-6-8-18-9-7-15/h1-5,13H,6-10H2/t13-/m0/s1. The minimum Gasteiger partial charge on any atom is -0.437 e. The van der Waals surface area contributed by atoms with Crippen LogP contribution < -0.4 is 0 Å². The zero-order valence-electron chi connectivity index (χ0n) is 10.6. The summed E-state index contributed by atoms with van der Waals surface area (Å²) in [5.74, 6) is 0. The molecule has 1 aliphatic heterocycles. The molecule has 1 aliphatic rings. The summed E-state index contributed by atoms with van der Waals surface area (Å²) in [6.07, 6.45) is 0.775. The Bertz CT molecular complexity index is 415. The van der Waals surface area contributed by atoms with Crippen molar-refractivity contribution in [3.63, 3.8) is 0 Å². The average Bonchev–Trinajstić information content (AvgIpc) is 2.48. The third kappa shape index (κ3) is 4.06. The van der Waals surface area contributed by atoms with Crippen LogP contribution >= 0.6 is 0 Å². The van der Waals surface area contributed by atoms with Gasteiger partial charge in [0.15, 0.2) is 6.10 Å². The molecule has 1 aromatic carbocycles. The summed E-state index contributed by atoms with van der Waals surface area (Å²) in [5, 5.41) is 0. The maximum Gasteiger partial charge on any atom is 0.410 e. The Kier molecular flexibility index (Phi) is 4.92. The van der Waals surface area contributed by atoms with E-state index >= 15 is 0 Å². The van der Waals surface area contributed by atoms with Crippen molar-refractivity contribution in [3.05, 3.63) is 35.9 Å². The second-order valence-electron chi connectivity index (χ2n) is 4.28. The molecule has 2 rings (SSSR count). The van der Waals surface area contributed by atoms with Gasteiger partial charge in [-0.15, -0.1) is 0 Å². The molecular formula is C14H16NO4. The smallest absolute Gasteiger partial charge is 0.410 e. The van der Waals surface area contributed by atoms with Crippen molar-refractivity contribution in [1.29, 1.82) is 0 Å². The number of carbonyl (C=O) groups excluding carboxylic acids is 2. The topological polar surface area (TPSA) is 55.8 Å². The molecule has 0 aromatic heterocycles. The van der Waals surface area contributed by atoms with Gasteiger partial charge in [-0.25, -0.2) is 4.79 Å². The number of rotatable bonds is 4. The molecule has 19 heavy (non-hydrogen) atoms. The summed E-state index contributed by atoms with van der Waals surface area (Å²) in [7, 11) is 0. The van der Waals surface area contributed by atoms with E-state index in [0.29, 0.717) is 32.7 Å². The fourth-order valence-corrected chi connectivity index (χ4v) is 1.88. The van der Waals surface area contributed by atoms with E-state index in [1.54, 1.807) is 11.2 Å². The van der Waals surface area contributed by atoms with Gasteiger partial charge in [0.05, 0.1) is 13.2 Å². The van der Waals surface area contributed by atoms with Gasteiger partial charge in [-0.05, 0) is 5.56 Å².